The third kappa shape index (κ3) is 4.00. The normalized spacial score (nSPS) is 10.9. The molecule has 0 fully saturated rings. The van der Waals surface area contributed by atoms with Gasteiger partial charge in [-0.05, 0) is 12.1 Å². The van der Waals surface area contributed by atoms with Gasteiger partial charge in [-0.25, -0.2) is 8.78 Å². The van der Waals surface area contributed by atoms with Gasteiger partial charge in [0.25, 0.3) is 12.3 Å². The molecule has 1 amide bonds. The summed E-state index contributed by atoms with van der Waals surface area (Å²) in [5.74, 6) is 0.286. The van der Waals surface area contributed by atoms with Crippen LogP contribution in [0.25, 0.3) is 0 Å². The van der Waals surface area contributed by atoms with Crippen molar-refractivity contribution in [1.29, 1.82) is 0 Å². The largest absolute Gasteiger partial charge is 0.456 e. The van der Waals surface area contributed by atoms with Crippen LogP contribution in [0.4, 0.5) is 8.78 Å². The van der Waals surface area contributed by atoms with E-state index in [1.54, 1.807) is 6.07 Å². The number of furan rings is 1. The lowest BCUT2D eigenvalue weighted by molar-refractivity contribution is 0.0543. The van der Waals surface area contributed by atoms with Crippen molar-refractivity contribution in [2.24, 2.45) is 0 Å². The third-order valence-electron chi connectivity index (χ3n) is 2.22. The summed E-state index contributed by atoms with van der Waals surface area (Å²) in [5.41, 5.74) is 0. The highest BCUT2D eigenvalue weighted by Crippen LogP contribution is 2.12. The fourth-order valence-electron chi connectivity index (χ4n) is 1.38. The van der Waals surface area contributed by atoms with Crippen molar-refractivity contribution < 1.29 is 18.0 Å². The first-order valence-electron chi connectivity index (χ1n) is 5.30. The van der Waals surface area contributed by atoms with Gasteiger partial charge in [-0.2, -0.15) is 0 Å². The molecule has 0 N–H and O–H groups in total. The first-order valence-corrected chi connectivity index (χ1v) is 5.84. The molecule has 1 heterocycles. The van der Waals surface area contributed by atoms with Crippen LogP contribution in [0, 0.1) is 0 Å². The molecular formula is C11H14ClF2NO2. The first-order chi connectivity index (χ1) is 8.08. The van der Waals surface area contributed by atoms with Gasteiger partial charge in [-0.3, -0.25) is 4.79 Å². The number of aryl methyl sites for hydroxylation is 1. The molecule has 0 aliphatic rings. The zero-order valence-electron chi connectivity index (χ0n) is 9.46. The van der Waals surface area contributed by atoms with Gasteiger partial charge in [0.15, 0.2) is 5.76 Å². The summed E-state index contributed by atoms with van der Waals surface area (Å²) in [6.45, 7) is 1.32. The highest BCUT2D eigenvalue weighted by Gasteiger charge is 2.21. The van der Waals surface area contributed by atoms with Crippen LogP contribution in [0.15, 0.2) is 16.5 Å². The van der Waals surface area contributed by atoms with Crippen molar-refractivity contribution in [2.45, 2.75) is 19.8 Å². The van der Waals surface area contributed by atoms with E-state index < -0.39 is 18.9 Å². The van der Waals surface area contributed by atoms with Crippen LogP contribution in [0.2, 0.25) is 0 Å². The number of nitrogens with zero attached hydrogens (tertiary/aromatic N) is 1. The minimum Gasteiger partial charge on any atom is -0.456 e. The standard InChI is InChI=1S/C11H14ClF2NO2/c1-2-8-3-4-9(17-8)11(16)15(6-5-12)7-10(13)14/h3-4,10H,2,5-7H2,1H3. The molecule has 0 atom stereocenters. The van der Waals surface area contributed by atoms with Crippen molar-refractivity contribution in [3.05, 3.63) is 23.7 Å². The molecular weight excluding hydrogens is 252 g/mol. The molecule has 0 saturated heterocycles. The summed E-state index contributed by atoms with van der Waals surface area (Å²) >= 11 is 5.47. The summed E-state index contributed by atoms with van der Waals surface area (Å²) in [6, 6.07) is 3.16. The molecule has 0 saturated carbocycles. The Kier molecular flexibility index (Phi) is 5.41. The second-order valence-electron chi connectivity index (χ2n) is 3.45. The number of amides is 1. The maximum atomic E-state index is 12.3. The average molecular weight is 266 g/mol. The van der Waals surface area contributed by atoms with Crippen molar-refractivity contribution >= 4 is 17.5 Å². The second kappa shape index (κ2) is 6.59. The molecule has 17 heavy (non-hydrogen) atoms. The van der Waals surface area contributed by atoms with Crippen LogP contribution in [0.1, 0.15) is 23.2 Å². The minimum atomic E-state index is -2.58. The highest BCUT2D eigenvalue weighted by atomic mass is 35.5. The lowest BCUT2D eigenvalue weighted by Crippen LogP contribution is -2.36. The number of rotatable bonds is 6. The molecule has 3 nitrogen and oxygen atoms in total. The minimum absolute atomic E-state index is 0.0763. The van der Waals surface area contributed by atoms with Crippen LogP contribution in [0.5, 0.6) is 0 Å². The Balaban J connectivity index is 2.75. The quantitative estimate of drug-likeness (QED) is 0.741. The van der Waals surface area contributed by atoms with Gasteiger partial charge in [0.1, 0.15) is 5.76 Å². The van der Waals surface area contributed by atoms with Gasteiger partial charge >= 0.3 is 0 Å². The van der Waals surface area contributed by atoms with Crippen LogP contribution < -0.4 is 0 Å². The zero-order valence-corrected chi connectivity index (χ0v) is 10.2. The average Bonchev–Trinajstić information content (AvgIpc) is 2.75. The Hall–Kier alpha value is -1.10. The molecule has 1 aromatic rings. The maximum absolute atomic E-state index is 12.3. The molecule has 96 valence electrons. The molecule has 0 aromatic carbocycles. The predicted molar refractivity (Wildman–Crippen MR) is 60.7 cm³/mol. The summed E-state index contributed by atoms with van der Waals surface area (Å²) in [5, 5.41) is 0. The Labute approximate surface area is 103 Å². The van der Waals surface area contributed by atoms with E-state index >= 15 is 0 Å². The lowest BCUT2D eigenvalue weighted by atomic mass is 10.3. The van der Waals surface area contributed by atoms with Gasteiger partial charge in [0.05, 0.1) is 6.54 Å². The van der Waals surface area contributed by atoms with E-state index in [0.29, 0.717) is 12.2 Å². The molecule has 6 heteroatoms. The zero-order chi connectivity index (χ0) is 12.8. The highest BCUT2D eigenvalue weighted by molar-refractivity contribution is 6.18. The number of halogens is 3. The van der Waals surface area contributed by atoms with Gasteiger partial charge in [-0.15, -0.1) is 11.6 Å². The van der Waals surface area contributed by atoms with Crippen LogP contribution in [0.3, 0.4) is 0 Å². The van der Waals surface area contributed by atoms with Crippen molar-refractivity contribution in [3.63, 3.8) is 0 Å². The van der Waals surface area contributed by atoms with Crippen LogP contribution in [-0.2, 0) is 6.42 Å². The van der Waals surface area contributed by atoms with Gasteiger partial charge in [0.2, 0.25) is 0 Å². The van der Waals surface area contributed by atoms with E-state index in [2.05, 4.69) is 0 Å². The predicted octanol–water partition coefficient (Wildman–Crippen LogP) is 2.79. The third-order valence-corrected chi connectivity index (χ3v) is 2.39. The Morgan fingerprint density at radius 1 is 1.53 bits per heavy atom. The molecule has 1 rings (SSSR count). The number of hydrogen-bond acceptors (Lipinski definition) is 2. The molecule has 0 radical (unpaired) electrons. The monoisotopic (exact) mass is 265 g/mol. The van der Waals surface area contributed by atoms with Crippen molar-refractivity contribution in [3.8, 4) is 0 Å². The van der Waals surface area contributed by atoms with Gasteiger partial charge < -0.3 is 9.32 Å². The van der Waals surface area contributed by atoms with Crippen molar-refractivity contribution in [2.75, 3.05) is 19.0 Å². The molecule has 0 spiro atoms. The number of carbonyl (C=O) groups excluding carboxylic acids is 1. The topological polar surface area (TPSA) is 33.5 Å². The van der Waals surface area contributed by atoms with E-state index in [1.165, 1.54) is 6.07 Å². The van der Waals surface area contributed by atoms with Crippen LogP contribution >= 0.6 is 11.6 Å². The van der Waals surface area contributed by atoms with Gasteiger partial charge in [0, 0.05) is 18.8 Å². The Morgan fingerprint density at radius 3 is 2.71 bits per heavy atom. The SMILES string of the molecule is CCc1ccc(C(=O)N(CCCl)CC(F)F)o1. The molecule has 0 aliphatic heterocycles. The number of alkyl halides is 3. The Bertz CT molecular complexity index is 368. The number of hydrogen-bond donors (Lipinski definition) is 0. The van der Waals surface area contributed by atoms with E-state index in [9.17, 15) is 13.6 Å². The summed E-state index contributed by atoms with van der Waals surface area (Å²) in [6.07, 6.45) is -1.93. The molecule has 0 unspecified atom stereocenters. The van der Waals surface area contributed by atoms with Gasteiger partial charge in [-0.1, -0.05) is 6.92 Å². The van der Waals surface area contributed by atoms with E-state index in [4.69, 9.17) is 16.0 Å². The summed E-state index contributed by atoms with van der Waals surface area (Å²) in [7, 11) is 0. The maximum Gasteiger partial charge on any atom is 0.289 e. The van der Waals surface area contributed by atoms with E-state index in [-0.39, 0.29) is 18.2 Å². The van der Waals surface area contributed by atoms with Crippen LogP contribution in [-0.4, -0.2) is 36.2 Å². The fourth-order valence-corrected chi connectivity index (χ4v) is 1.59. The summed E-state index contributed by atoms with van der Waals surface area (Å²) < 4.78 is 29.8. The summed E-state index contributed by atoms with van der Waals surface area (Å²) in [4.78, 5) is 12.8. The molecule has 0 aliphatic carbocycles. The molecule has 0 bridgehead atoms. The van der Waals surface area contributed by atoms with E-state index in [0.717, 1.165) is 4.90 Å². The lowest BCUT2D eigenvalue weighted by Gasteiger charge is -2.19. The smallest absolute Gasteiger partial charge is 0.289 e. The molecule has 1 aromatic heterocycles. The number of carbonyl (C=O) groups is 1. The second-order valence-corrected chi connectivity index (χ2v) is 3.83. The van der Waals surface area contributed by atoms with Crippen molar-refractivity contribution in [1.82, 2.24) is 4.90 Å². The fraction of sp³-hybridized carbons (Fsp3) is 0.545. The Morgan fingerprint density at radius 2 is 2.24 bits per heavy atom. The first kappa shape index (κ1) is 14.0. The van der Waals surface area contributed by atoms with E-state index in [1.807, 2.05) is 6.92 Å².